The maximum atomic E-state index is 5.09. The van der Waals surface area contributed by atoms with Gasteiger partial charge in [-0.3, -0.25) is 0 Å². The molecule has 0 radical (unpaired) electrons. The summed E-state index contributed by atoms with van der Waals surface area (Å²) in [6, 6.07) is 64.9. The van der Waals surface area contributed by atoms with Gasteiger partial charge in [0.05, 0.1) is 22.4 Å². The van der Waals surface area contributed by atoms with Crippen molar-refractivity contribution in [3.8, 4) is 50.7 Å². The molecular weight excluding hydrogens is 607 g/mol. The SMILES string of the molecule is c1ccc(-c2cc(-c3ccc(-n4c5ccccc5c5ccc6c(c54)C(c4ccccc4)c4ccccc4-6)cc3)nc(-c3ccccc3)n2)cc1. The minimum absolute atomic E-state index is 0.141. The van der Waals surface area contributed by atoms with E-state index >= 15 is 0 Å². The van der Waals surface area contributed by atoms with Crippen molar-refractivity contribution in [3.63, 3.8) is 0 Å². The zero-order valence-corrected chi connectivity index (χ0v) is 27.2. The summed E-state index contributed by atoms with van der Waals surface area (Å²) in [7, 11) is 0. The molecule has 0 aliphatic heterocycles. The topological polar surface area (TPSA) is 30.7 Å². The lowest BCUT2D eigenvalue weighted by atomic mass is 9.88. The zero-order chi connectivity index (χ0) is 33.0. The number of aromatic nitrogens is 3. The molecule has 0 bridgehead atoms. The number of hydrogen-bond acceptors (Lipinski definition) is 2. The van der Waals surface area contributed by atoms with Crippen molar-refractivity contribution < 1.29 is 0 Å². The van der Waals surface area contributed by atoms with Crippen molar-refractivity contribution in [1.82, 2.24) is 14.5 Å². The number of para-hydroxylation sites is 1. The first-order valence-electron chi connectivity index (χ1n) is 17.1. The van der Waals surface area contributed by atoms with Gasteiger partial charge in [-0.15, -0.1) is 0 Å². The van der Waals surface area contributed by atoms with Gasteiger partial charge < -0.3 is 4.57 Å². The van der Waals surface area contributed by atoms with E-state index in [1.807, 2.05) is 24.3 Å². The van der Waals surface area contributed by atoms with Crippen molar-refractivity contribution in [3.05, 3.63) is 199 Å². The van der Waals surface area contributed by atoms with Crippen LogP contribution in [0.2, 0.25) is 0 Å². The molecule has 1 atom stereocenters. The molecule has 9 aromatic rings. The predicted octanol–water partition coefficient (Wildman–Crippen LogP) is 11.7. The first-order valence-corrected chi connectivity index (χ1v) is 17.1. The van der Waals surface area contributed by atoms with E-state index in [4.69, 9.17) is 9.97 Å². The lowest BCUT2D eigenvalue weighted by molar-refractivity contribution is 1.01. The van der Waals surface area contributed by atoms with Gasteiger partial charge in [0.1, 0.15) is 0 Å². The van der Waals surface area contributed by atoms with E-state index in [-0.39, 0.29) is 5.92 Å². The Kier molecular flexibility index (Phi) is 6.56. The Bertz CT molecular complexity index is 2620. The lowest BCUT2D eigenvalue weighted by Gasteiger charge is -2.18. The van der Waals surface area contributed by atoms with Crippen LogP contribution in [0.15, 0.2) is 182 Å². The van der Waals surface area contributed by atoms with Crippen LogP contribution in [0, 0.1) is 0 Å². The molecule has 50 heavy (non-hydrogen) atoms. The predicted molar refractivity (Wildman–Crippen MR) is 206 cm³/mol. The van der Waals surface area contributed by atoms with E-state index in [0.29, 0.717) is 0 Å². The van der Waals surface area contributed by atoms with Crippen LogP contribution in [0.5, 0.6) is 0 Å². The molecule has 0 saturated heterocycles. The molecule has 0 spiro atoms. The highest BCUT2D eigenvalue weighted by atomic mass is 15.0. The van der Waals surface area contributed by atoms with Gasteiger partial charge in [-0.05, 0) is 52.1 Å². The Hall–Kier alpha value is -6.58. The lowest BCUT2D eigenvalue weighted by Crippen LogP contribution is -2.03. The highest BCUT2D eigenvalue weighted by Crippen LogP contribution is 2.52. The van der Waals surface area contributed by atoms with Crippen molar-refractivity contribution in [2.45, 2.75) is 5.92 Å². The molecule has 3 heteroatoms. The summed E-state index contributed by atoms with van der Waals surface area (Å²) in [6.45, 7) is 0. The molecule has 3 nitrogen and oxygen atoms in total. The fourth-order valence-corrected chi connectivity index (χ4v) is 7.87. The number of hydrogen-bond donors (Lipinski definition) is 0. The average Bonchev–Trinajstić information content (AvgIpc) is 3.72. The van der Waals surface area contributed by atoms with E-state index in [2.05, 4.69) is 162 Å². The van der Waals surface area contributed by atoms with Crippen molar-refractivity contribution >= 4 is 21.8 Å². The molecule has 234 valence electrons. The number of rotatable bonds is 5. The van der Waals surface area contributed by atoms with Crippen molar-refractivity contribution in [2.75, 3.05) is 0 Å². The molecule has 0 saturated carbocycles. The molecule has 2 heterocycles. The third kappa shape index (κ3) is 4.52. The maximum Gasteiger partial charge on any atom is 0.160 e. The smallest absolute Gasteiger partial charge is 0.160 e. The highest BCUT2D eigenvalue weighted by Gasteiger charge is 2.33. The van der Waals surface area contributed by atoms with E-state index < -0.39 is 0 Å². The molecule has 0 N–H and O–H groups in total. The minimum Gasteiger partial charge on any atom is -0.309 e. The fraction of sp³-hybridized carbons (Fsp3) is 0.0213. The van der Waals surface area contributed by atoms with Gasteiger partial charge in [0, 0.05) is 39.1 Å². The molecule has 2 aromatic heterocycles. The second-order valence-electron chi connectivity index (χ2n) is 12.9. The van der Waals surface area contributed by atoms with Crippen LogP contribution in [-0.4, -0.2) is 14.5 Å². The minimum atomic E-state index is 0.141. The Balaban J connectivity index is 1.17. The van der Waals surface area contributed by atoms with Crippen molar-refractivity contribution in [1.29, 1.82) is 0 Å². The first kappa shape index (κ1) is 28.4. The highest BCUT2D eigenvalue weighted by molar-refractivity contribution is 6.13. The number of benzene rings is 7. The Morgan fingerprint density at radius 3 is 1.78 bits per heavy atom. The Labute approximate surface area is 290 Å². The van der Waals surface area contributed by atoms with E-state index in [0.717, 1.165) is 39.6 Å². The number of fused-ring (bicyclic) bond motifs is 7. The van der Waals surface area contributed by atoms with Gasteiger partial charge in [-0.25, -0.2) is 9.97 Å². The summed E-state index contributed by atoms with van der Waals surface area (Å²) < 4.78 is 2.47. The zero-order valence-electron chi connectivity index (χ0n) is 27.2. The third-order valence-corrected chi connectivity index (χ3v) is 10.1. The van der Waals surface area contributed by atoms with Crippen LogP contribution >= 0.6 is 0 Å². The van der Waals surface area contributed by atoms with E-state index in [1.165, 1.54) is 49.6 Å². The van der Waals surface area contributed by atoms with E-state index in [1.54, 1.807) is 0 Å². The van der Waals surface area contributed by atoms with Crippen LogP contribution in [0.4, 0.5) is 0 Å². The van der Waals surface area contributed by atoms with Gasteiger partial charge in [0.15, 0.2) is 5.82 Å². The van der Waals surface area contributed by atoms with Crippen LogP contribution in [-0.2, 0) is 0 Å². The summed E-state index contributed by atoms with van der Waals surface area (Å²) >= 11 is 0. The summed E-state index contributed by atoms with van der Waals surface area (Å²) in [5, 5.41) is 2.53. The van der Waals surface area contributed by atoms with Crippen LogP contribution in [0.25, 0.3) is 72.5 Å². The monoisotopic (exact) mass is 637 g/mol. The van der Waals surface area contributed by atoms with Gasteiger partial charge in [-0.1, -0.05) is 158 Å². The molecule has 7 aromatic carbocycles. The Morgan fingerprint density at radius 1 is 0.440 bits per heavy atom. The van der Waals surface area contributed by atoms with Crippen molar-refractivity contribution in [2.24, 2.45) is 0 Å². The molecule has 1 aliphatic rings. The molecule has 1 unspecified atom stereocenters. The van der Waals surface area contributed by atoms with Crippen LogP contribution in [0.3, 0.4) is 0 Å². The standard InChI is InChI=1S/C47H31N3/c1-4-14-31(15-5-1)41-30-42(49-47(48-41)34-18-8-3-9-19-34)32-24-26-35(27-25-32)50-43-23-13-12-21-37(43)40-29-28-39-36-20-10-11-22-38(36)44(45(39)46(40)50)33-16-6-2-7-17-33/h1-30,44H. The largest absolute Gasteiger partial charge is 0.309 e. The normalized spacial score (nSPS) is 13.4. The molecule has 1 aliphatic carbocycles. The van der Waals surface area contributed by atoms with Gasteiger partial charge in [-0.2, -0.15) is 0 Å². The van der Waals surface area contributed by atoms with Gasteiger partial charge in [0.2, 0.25) is 0 Å². The van der Waals surface area contributed by atoms with Crippen LogP contribution < -0.4 is 0 Å². The Morgan fingerprint density at radius 2 is 1.04 bits per heavy atom. The number of nitrogens with zero attached hydrogens (tertiary/aromatic N) is 3. The average molecular weight is 638 g/mol. The van der Waals surface area contributed by atoms with E-state index in [9.17, 15) is 0 Å². The second-order valence-corrected chi connectivity index (χ2v) is 12.9. The summed E-state index contributed by atoms with van der Waals surface area (Å²) in [5.74, 6) is 0.859. The molecule has 0 fully saturated rings. The summed E-state index contributed by atoms with van der Waals surface area (Å²) in [6.07, 6.45) is 0. The quantitative estimate of drug-likeness (QED) is 0.188. The van der Waals surface area contributed by atoms with Gasteiger partial charge in [0.25, 0.3) is 0 Å². The molecule has 10 rings (SSSR count). The van der Waals surface area contributed by atoms with Gasteiger partial charge >= 0.3 is 0 Å². The first-order chi connectivity index (χ1) is 24.8. The second kappa shape index (κ2) is 11.5. The fourth-order valence-electron chi connectivity index (χ4n) is 7.87. The molecule has 0 amide bonds. The summed E-state index contributed by atoms with van der Waals surface area (Å²) in [4.78, 5) is 10.1. The third-order valence-electron chi connectivity index (χ3n) is 10.1. The molecular formula is C47H31N3. The summed E-state index contributed by atoms with van der Waals surface area (Å²) in [5.41, 5.74) is 15.2. The van der Waals surface area contributed by atoms with Crippen LogP contribution in [0.1, 0.15) is 22.6 Å². The maximum absolute atomic E-state index is 5.09.